The van der Waals surface area contributed by atoms with E-state index < -0.39 is 11.9 Å². The van der Waals surface area contributed by atoms with Crippen molar-refractivity contribution in [1.82, 2.24) is 0 Å². The van der Waals surface area contributed by atoms with Crippen LogP contribution in [0.2, 0.25) is 0 Å². The van der Waals surface area contributed by atoms with Crippen LogP contribution < -0.4 is 5.11 Å². The van der Waals surface area contributed by atoms with E-state index in [1.807, 2.05) is 36.4 Å². The Morgan fingerprint density at radius 2 is 0.889 bits per heavy atom. The number of hydrogen-bond acceptors (Lipinski definition) is 2. The van der Waals surface area contributed by atoms with Crippen LogP contribution in [0.1, 0.15) is 40.9 Å². The summed E-state index contributed by atoms with van der Waals surface area (Å²) < 4.78 is 0. The Balaban J connectivity index is 0.000000571. The van der Waals surface area contributed by atoms with Crippen molar-refractivity contribution >= 4 is 35.1 Å². The third kappa shape index (κ3) is 17.3. The molecule has 10 nitrogen and oxygen atoms in total. The van der Waals surface area contributed by atoms with Gasteiger partial charge in [0.2, 0.25) is 23.1 Å². The van der Waals surface area contributed by atoms with E-state index in [0.717, 1.165) is 0 Å². The molecule has 10 N–H and O–H groups in total. The van der Waals surface area contributed by atoms with E-state index in [9.17, 15) is 19.5 Å². The second-order valence-corrected chi connectivity index (χ2v) is 8.84. The quantitative estimate of drug-likeness (QED) is 0.100. The Morgan fingerprint density at radius 3 is 1.16 bits per heavy atom. The van der Waals surface area contributed by atoms with Crippen LogP contribution >= 0.6 is 0 Å². The fourth-order valence-electron chi connectivity index (χ4n) is 3.01. The molecule has 0 heterocycles. The molecule has 0 aliphatic carbocycles. The number of aliphatic hydroxyl groups excluding tert-OH is 1. The molecule has 0 saturated heterocycles. The molecule has 0 radical (unpaired) electrons. The average molecular weight is 653 g/mol. The van der Waals surface area contributed by atoms with E-state index >= 15 is 0 Å². The van der Waals surface area contributed by atoms with Crippen LogP contribution in [-0.4, -0.2) is 74.4 Å². The van der Waals surface area contributed by atoms with Crippen molar-refractivity contribution < 1.29 is 70.9 Å². The zero-order valence-corrected chi connectivity index (χ0v) is 26.1. The fourth-order valence-corrected chi connectivity index (χ4v) is 3.01. The minimum absolute atomic E-state index is 0. The molecule has 4 rings (SSSR count). The van der Waals surface area contributed by atoms with Gasteiger partial charge in [-0.2, -0.15) is 0 Å². The summed E-state index contributed by atoms with van der Waals surface area (Å²) in [4.78, 5) is 55.1. The summed E-state index contributed by atoms with van der Waals surface area (Å²) in [6.45, 7) is 3.03. The van der Waals surface area contributed by atoms with Gasteiger partial charge in [-0.3, -0.25) is 9.59 Å². The zero-order valence-electron chi connectivity index (χ0n) is 24.5. The van der Waals surface area contributed by atoms with Crippen molar-refractivity contribution in [1.29, 1.82) is 0 Å². The van der Waals surface area contributed by atoms with E-state index in [4.69, 9.17) is 29.7 Å². The van der Waals surface area contributed by atoms with Crippen molar-refractivity contribution in [2.45, 2.75) is 13.8 Å². The fraction of sp³-hybridized carbons (Fsp3) is 0.0588. The van der Waals surface area contributed by atoms with Crippen LogP contribution in [0.3, 0.4) is 0 Å². The molecule has 0 bridgehead atoms. The second-order valence-electron chi connectivity index (χ2n) is 8.84. The Hall–Kier alpha value is -5.45. The van der Waals surface area contributed by atoms with Gasteiger partial charge in [-0.15, -0.1) is 24.3 Å². The summed E-state index contributed by atoms with van der Waals surface area (Å²) in [6.07, 6.45) is 2.63. The maximum atomic E-state index is 10.1. The summed E-state index contributed by atoms with van der Waals surface area (Å²) in [5.74, 6) is -0.922. The number of ketones is 4. The normalized spacial score (nSPS) is 8.93. The Bertz CT molecular complexity index is 1410. The molecular weight excluding hydrogens is 616 g/mol. The van der Waals surface area contributed by atoms with E-state index in [0.29, 0.717) is 28.2 Å². The van der Waals surface area contributed by atoms with Crippen molar-refractivity contribution in [2.24, 2.45) is 0 Å². The minimum Gasteiger partial charge on any atom is -0.593 e. The van der Waals surface area contributed by atoms with Crippen LogP contribution in [0, 0.1) is 12.8 Å². The minimum atomic E-state index is -1.21. The van der Waals surface area contributed by atoms with Gasteiger partial charge in [0.1, 0.15) is 5.56 Å². The zero-order chi connectivity index (χ0) is 33.1. The number of aromatic carboxylic acids is 2. The standard InChI is InChI=1S/2C10H9O2.2C7H6O3.Ti/c2*1-8(11)7-10(12)9-5-3-2-4-6-9;2*8-6-3-1-5(2-4-6)7(9)10;/h2*2-7H,1H3;2*1-4,8H,(H,9,10);/q2*-1;;;/p+6. The summed E-state index contributed by atoms with van der Waals surface area (Å²) in [5.41, 5.74) is 1.84. The molecule has 0 amide bonds. The molecule has 0 aliphatic heterocycles. The monoisotopic (exact) mass is 652 g/mol. The number of carboxylic acid groups (broad SMARTS) is 2. The maximum Gasteiger partial charge on any atom is 0.515 e. The van der Waals surface area contributed by atoms with Gasteiger partial charge in [0, 0.05) is 59.8 Å². The molecule has 0 aliphatic rings. The number of carboxylic acids is 2. The third-order valence-corrected chi connectivity index (χ3v) is 5.09. The predicted molar refractivity (Wildman–Crippen MR) is 171 cm³/mol. The largest absolute Gasteiger partial charge is 0.593 e. The molecule has 0 unspecified atom stereocenters. The van der Waals surface area contributed by atoms with E-state index in [-0.39, 0.29) is 50.4 Å². The first-order chi connectivity index (χ1) is 20.8. The molecule has 0 aromatic heterocycles. The number of carbonyl (C=O) groups excluding carboxylic acids is 5. The summed E-state index contributed by atoms with van der Waals surface area (Å²) in [5, 5.41) is 32.7. The smallest absolute Gasteiger partial charge is 0.515 e. The molecule has 0 saturated carbocycles. The van der Waals surface area contributed by atoms with Gasteiger partial charge >= 0.3 is 5.97 Å². The average Bonchev–Trinajstić information content (AvgIpc) is 2.99. The van der Waals surface area contributed by atoms with Gasteiger partial charge in [0.15, 0.2) is 0 Å². The maximum absolute atomic E-state index is 10.1. The van der Waals surface area contributed by atoms with Gasteiger partial charge in [-0.1, -0.05) is 47.5 Å². The number of rotatable bonds is 8. The third-order valence-electron chi connectivity index (χ3n) is 5.09. The second kappa shape index (κ2) is 21.3. The van der Waals surface area contributed by atoms with E-state index in [2.05, 4.69) is 0 Å². The SMILES string of the molecule is CC(=[OH+])[CH-]C(=[OH+])c1ccccc1.CC(=[OH+])[CH-]C(=[OH+])c1ccccc1.O=C([O-])c1ccc([OH2+])cc1.OC(=[OH+])c1ccc([OH2+])cc1.[Ti]. The first-order valence-electron chi connectivity index (χ1n) is 12.9. The summed E-state index contributed by atoms with van der Waals surface area (Å²) in [7, 11) is 0. The molecule has 0 fully saturated rings. The molecule has 0 atom stereocenters. The van der Waals surface area contributed by atoms with Crippen LogP contribution in [0.15, 0.2) is 109 Å². The molecule has 232 valence electrons. The van der Waals surface area contributed by atoms with Gasteiger partial charge in [0.05, 0.1) is 5.97 Å². The number of benzene rings is 4. The molecule has 4 aromatic carbocycles. The Labute approximate surface area is 274 Å². The summed E-state index contributed by atoms with van der Waals surface area (Å²) >= 11 is 0. The van der Waals surface area contributed by atoms with E-state index in [1.54, 1.807) is 24.3 Å². The topological polar surface area (TPSA) is 213 Å². The van der Waals surface area contributed by atoms with Crippen molar-refractivity contribution in [3.8, 4) is 11.5 Å². The van der Waals surface area contributed by atoms with Gasteiger partial charge in [-0.25, -0.2) is 0 Å². The first kappa shape index (κ1) is 39.6. The van der Waals surface area contributed by atoms with E-state index in [1.165, 1.54) is 75.2 Å². The molecule has 11 heteroatoms. The van der Waals surface area contributed by atoms with Crippen molar-refractivity contribution in [2.75, 3.05) is 0 Å². The molecule has 45 heavy (non-hydrogen) atoms. The van der Waals surface area contributed by atoms with Gasteiger partial charge < -0.3 is 39.6 Å². The molecule has 4 aromatic rings. The Morgan fingerprint density at radius 1 is 0.578 bits per heavy atom. The van der Waals surface area contributed by atoms with Crippen LogP contribution in [0.25, 0.3) is 0 Å². The number of carbonyl (C=O) groups is 1. The van der Waals surface area contributed by atoms with Crippen LogP contribution in [0.4, 0.5) is 0 Å². The number of hydrogen-bond donors (Lipinski definition) is 1. The van der Waals surface area contributed by atoms with Crippen molar-refractivity contribution in [3.05, 3.63) is 144 Å². The first-order valence-corrected chi connectivity index (χ1v) is 12.9. The van der Waals surface area contributed by atoms with Crippen molar-refractivity contribution in [3.63, 3.8) is 0 Å². The Kier molecular flexibility index (Phi) is 18.7. The van der Waals surface area contributed by atoms with Gasteiger partial charge in [0.25, 0.3) is 11.5 Å². The molecular formula is C34H36O10Ti+4. The van der Waals surface area contributed by atoms with Gasteiger partial charge in [-0.05, 0) is 42.7 Å². The van der Waals surface area contributed by atoms with Crippen LogP contribution in [0.5, 0.6) is 11.5 Å². The molecule has 0 spiro atoms. The predicted octanol–water partition coefficient (Wildman–Crippen LogP) is 2.72. The summed E-state index contributed by atoms with van der Waals surface area (Å²) in [6, 6.07) is 29.5. The van der Waals surface area contributed by atoms with Crippen LogP contribution in [-0.2, 0) is 21.7 Å².